The van der Waals surface area contributed by atoms with Crippen LogP contribution in [0.4, 0.5) is 13.2 Å². The van der Waals surface area contributed by atoms with Gasteiger partial charge in [0.2, 0.25) is 0 Å². The highest BCUT2D eigenvalue weighted by molar-refractivity contribution is 5.93. The summed E-state index contributed by atoms with van der Waals surface area (Å²) in [5.41, 5.74) is 0.586. The smallest absolute Gasteiger partial charge is 0.322 e. The normalized spacial score (nSPS) is 10.5. The quantitative estimate of drug-likeness (QED) is 0.217. The van der Waals surface area contributed by atoms with E-state index in [1.165, 1.54) is 24.3 Å². The molecule has 0 radical (unpaired) electrons. The number of nitriles is 1. The van der Waals surface area contributed by atoms with Crippen LogP contribution in [0.2, 0.25) is 0 Å². The number of rotatable bonds is 5. The average molecular weight is 461 g/mol. The van der Waals surface area contributed by atoms with E-state index in [1.54, 1.807) is 30.3 Å². The molecule has 0 N–H and O–H groups in total. The van der Waals surface area contributed by atoms with Crippen LogP contribution in [0.5, 0.6) is 11.5 Å². The molecule has 5 nitrogen and oxygen atoms in total. The lowest BCUT2D eigenvalue weighted by Gasteiger charge is -2.08. The topological polar surface area (TPSA) is 76.4 Å². The van der Waals surface area contributed by atoms with Crippen LogP contribution in [0, 0.1) is 28.8 Å². The molecule has 0 aliphatic rings. The molecular weight excluding hydrogens is 447 g/mol. The van der Waals surface area contributed by atoms with Gasteiger partial charge in [-0.2, -0.15) is 5.26 Å². The van der Waals surface area contributed by atoms with E-state index >= 15 is 0 Å². The Morgan fingerprint density at radius 3 is 2.03 bits per heavy atom. The highest BCUT2D eigenvalue weighted by Gasteiger charge is 2.16. The van der Waals surface area contributed by atoms with Gasteiger partial charge in [0.1, 0.15) is 23.7 Å². The van der Waals surface area contributed by atoms with Gasteiger partial charge >= 0.3 is 11.9 Å². The van der Waals surface area contributed by atoms with Gasteiger partial charge in [0.05, 0.1) is 11.6 Å². The first-order chi connectivity index (χ1) is 16.3. The lowest BCUT2D eigenvalue weighted by Crippen LogP contribution is -2.18. The van der Waals surface area contributed by atoms with E-state index in [9.17, 15) is 22.8 Å². The molecule has 8 heteroatoms. The first-order valence-corrected chi connectivity index (χ1v) is 9.92. The second-order valence-electron chi connectivity index (χ2n) is 7.23. The van der Waals surface area contributed by atoms with E-state index in [1.807, 2.05) is 6.07 Å². The number of esters is 2. The minimum absolute atomic E-state index is 0.0173. The molecule has 0 atom stereocenters. The Bertz CT molecular complexity index is 1480. The van der Waals surface area contributed by atoms with E-state index in [-0.39, 0.29) is 22.6 Å². The van der Waals surface area contributed by atoms with Gasteiger partial charge in [-0.1, -0.05) is 18.2 Å². The number of carbonyl (C=O) groups is 2. The Balaban J connectivity index is 1.39. The molecule has 0 bridgehead atoms. The molecule has 0 aliphatic carbocycles. The number of nitrogens with zero attached hydrogens (tertiary/aromatic N) is 1. The number of fused-ring (bicyclic) bond motifs is 1. The van der Waals surface area contributed by atoms with Crippen molar-refractivity contribution in [1.29, 1.82) is 5.26 Å². The standard InChI is InChI=1S/C26H14F3NO4/c27-22-8-4-18(11-24(22)29)21-7-6-20(12-23(21)28)34-26(32)13-25(31)33-19-5-3-16-9-15(14-30)1-2-17(16)10-19/h1-12H,13H2. The molecule has 168 valence electrons. The first kappa shape index (κ1) is 22.6. The molecule has 0 fully saturated rings. The van der Waals surface area contributed by atoms with Crippen molar-refractivity contribution in [2.45, 2.75) is 6.42 Å². The summed E-state index contributed by atoms with van der Waals surface area (Å²) in [4.78, 5) is 24.2. The number of ether oxygens (including phenoxy) is 2. The van der Waals surface area contributed by atoms with Crippen LogP contribution in [-0.2, 0) is 9.59 Å². The maximum Gasteiger partial charge on any atom is 0.322 e. The molecular formula is C26H14F3NO4. The zero-order valence-electron chi connectivity index (χ0n) is 17.3. The fraction of sp³-hybridized carbons (Fsp3) is 0.0385. The SMILES string of the molecule is N#Cc1ccc2cc(OC(=O)CC(=O)Oc3ccc(-c4ccc(F)c(F)c4)c(F)c3)ccc2c1. The molecule has 0 unspecified atom stereocenters. The van der Waals surface area contributed by atoms with Crippen LogP contribution < -0.4 is 9.47 Å². The van der Waals surface area contributed by atoms with Gasteiger partial charge in [-0.3, -0.25) is 9.59 Å². The van der Waals surface area contributed by atoms with Crippen molar-refractivity contribution in [1.82, 2.24) is 0 Å². The fourth-order valence-corrected chi connectivity index (χ4v) is 3.27. The van der Waals surface area contributed by atoms with Gasteiger partial charge in [-0.25, -0.2) is 13.2 Å². The predicted molar refractivity (Wildman–Crippen MR) is 116 cm³/mol. The van der Waals surface area contributed by atoms with Gasteiger partial charge in [-0.05, 0) is 64.9 Å². The predicted octanol–water partition coefficient (Wildman–Crippen LogP) is 5.70. The summed E-state index contributed by atoms with van der Waals surface area (Å²) in [5.74, 6) is -4.81. The van der Waals surface area contributed by atoms with Crippen LogP contribution in [0.3, 0.4) is 0 Å². The molecule has 34 heavy (non-hydrogen) atoms. The molecule has 0 aliphatic heterocycles. The minimum atomic E-state index is -1.12. The van der Waals surface area contributed by atoms with E-state index in [0.717, 1.165) is 29.0 Å². The van der Waals surface area contributed by atoms with Crippen molar-refractivity contribution in [3.8, 4) is 28.7 Å². The van der Waals surface area contributed by atoms with Gasteiger partial charge in [-0.15, -0.1) is 0 Å². The van der Waals surface area contributed by atoms with Crippen molar-refractivity contribution in [3.05, 3.63) is 95.8 Å². The minimum Gasteiger partial charge on any atom is -0.426 e. The van der Waals surface area contributed by atoms with E-state index in [2.05, 4.69) is 0 Å². The molecule has 0 saturated heterocycles. The van der Waals surface area contributed by atoms with Gasteiger partial charge in [0, 0.05) is 11.6 Å². The number of carbonyl (C=O) groups excluding carboxylic acids is 2. The molecule has 0 saturated carbocycles. The maximum absolute atomic E-state index is 14.4. The van der Waals surface area contributed by atoms with Crippen molar-refractivity contribution in [3.63, 3.8) is 0 Å². The Kier molecular flexibility index (Phi) is 6.28. The van der Waals surface area contributed by atoms with Gasteiger partial charge < -0.3 is 9.47 Å². The summed E-state index contributed by atoms with van der Waals surface area (Å²) in [7, 11) is 0. The molecule has 4 aromatic rings. The Labute approximate surface area is 191 Å². The summed E-state index contributed by atoms with van der Waals surface area (Å²) < 4.78 is 51.1. The monoisotopic (exact) mass is 461 g/mol. The molecule has 0 aromatic heterocycles. The summed E-state index contributed by atoms with van der Waals surface area (Å²) >= 11 is 0. The second kappa shape index (κ2) is 9.46. The Morgan fingerprint density at radius 2 is 1.35 bits per heavy atom. The molecule has 4 rings (SSSR count). The number of benzene rings is 4. The van der Waals surface area contributed by atoms with Crippen LogP contribution in [0.1, 0.15) is 12.0 Å². The summed E-state index contributed by atoms with van der Waals surface area (Å²) in [6.07, 6.45) is -0.724. The molecule has 0 heterocycles. The highest BCUT2D eigenvalue weighted by atomic mass is 19.2. The van der Waals surface area contributed by atoms with Crippen LogP contribution in [0.25, 0.3) is 21.9 Å². The van der Waals surface area contributed by atoms with E-state index < -0.39 is 35.8 Å². The summed E-state index contributed by atoms with van der Waals surface area (Å²) in [6.45, 7) is 0. The highest BCUT2D eigenvalue weighted by Crippen LogP contribution is 2.28. The lowest BCUT2D eigenvalue weighted by atomic mass is 10.0. The Morgan fingerprint density at radius 1 is 0.706 bits per heavy atom. The van der Waals surface area contributed by atoms with Crippen molar-refractivity contribution in [2.24, 2.45) is 0 Å². The lowest BCUT2D eigenvalue weighted by molar-refractivity contribution is -0.144. The van der Waals surface area contributed by atoms with Crippen LogP contribution in [-0.4, -0.2) is 11.9 Å². The average Bonchev–Trinajstić information content (AvgIpc) is 2.80. The number of hydrogen-bond donors (Lipinski definition) is 0. The third-order valence-electron chi connectivity index (χ3n) is 4.86. The van der Waals surface area contributed by atoms with Crippen molar-refractivity contribution in [2.75, 3.05) is 0 Å². The summed E-state index contributed by atoms with van der Waals surface area (Å²) in [6, 6.07) is 18.2. The zero-order valence-corrected chi connectivity index (χ0v) is 17.3. The zero-order chi connectivity index (χ0) is 24.2. The summed E-state index contributed by atoms with van der Waals surface area (Å²) in [5, 5.41) is 10.5. The largest absolute Gasteiger partial charge is 0.426 e. The fourth-order valence-electron chi connectivity index (χ4n) is 3.27. The third-order valence-corrected chi connectivity index (χ3v) is 4.86. The third kappa shape index (κ3) is 5.05. The molecule has 4 aromatic carbocycles. The Hall–Kier alpha value is -4.64. The van der Waals surface area contributed by atoms with Gasteiger partial charge in [0.25, 0.3) is 0 Å². The number of hydrogen-bond acceptors (Lipinski definition) is 5. The van der Waals surface area contributed by atoms with E-state index in [4.69, 9.17) is 14.7 Å². The van der Waals surface area contributed by atoms with Crippen LogP contribution >= 0.6 is 0 Å². The van der Waals surface area contributed by atoms with Crippen LogP contribution in [0.15, 0.2) is 72.8 Å². The molecule has 0 amide bonds. The van der Waals surface area contributed by atoms with E-state index in [0.29, 0.717) is 5.56 Å². The van der Waals surface area contributed by atoms with Gasteiger partial charge in [0.15, 0.2) is 11.6 Å². The van der Waals surface area contributed by atoms with Crippen molar-refractivity contribution >= 4 is 22.7 Å². The second-order valence-corrected chi connectivity index (χ2v) is 7.23. The maximum atomic E-state index is 14.4. The molecule has 0 spiro atoms. The van der Waals surface area contributed by atoms with Crippen molar-refractivity contribution < 1.29 is 32.2 Å². The number of halogens is 3. The first-order valence-electron chi connectivity index (χ1n) is 9.92.